The highest BCUT2D eigenvalue weighted by Crippen LogP contribution is 2.25. The van der Waals surface area contributed by atoms with Gasteiger partial charge in [-0.3, -0.25) is 4.79 Å². The van der Waals surface area contributed by atoms with E-state index in [1.807, 2.05) is 42.5 Å². The second kappa shape index (κ2) is 6.63. The van der Waals surface area contributed by atoms with Crippen molar-refractivity contribution in [2.45, 2.75) is 19.4 Å². The number of benzene rings is 2. The van der Waals surface area contributed by atoms with E-state index in [4.69, 9.17) is 9.57 Å². The van der Waals surface area contributed by atoms with Gasteiger partial charge < -0.3 is 14.1 Å². The summed E-state index contributed by atoms with van der Waals surface area (Å²) in [6.07, 6.45) is 1.32. The Balaban J connectivity index is 1.87. The van der Waals surface area contributed by atoms with Crippen LogP contribution in [0.2, 0.25) is 0 Å². The zero-order valence-corrected chi connectivity index (χ0v) is 14.7. The summed E-state index contributed by atoms with van der Waals surface area (Å²) in [5.74, 6) is 1.57. The van der Waals surface area contributed by atoms with Crippen LogP contribution in [0.15, 0.2) is 52.4 Å². The third kappa shape index (κ3) is 2.73. The van der Waals surface area contributed by atoms with E-state index < -0.39 is 0 Å². The Morgan fingerprint density at radius 3 is 2.69 bits per heavy atom. The van der Waals surface area contributed by atoms with Crippen molar-refractivity contribution in [1.82, 2.24) is 9.55 Å². The lowest BCUT2D eigenvalue weighted by atomic mass is 9.99. The van der Waals surface area contributed by atoms with Crippen molar-refractivity contribution in [2.75, 3.05) is 14.2 Å². The highest BCUT2D eigenvalue weighted by atomic mass is 16.6. The minimum atomic E-state index is -0.208. The minimum Gasteiger partial charge on any atom is -0.497 e. The number of para-hydroxylation sites is 1. The molecule has 6 heteroatoms. The summed E-state index contributed by atoms with van der Waals surface area (Å²) in [6.45, 7) is 0.717. The third-order valence-corrected chi connectivity index (χ3v) is 4.68. The molecule has 1 aliphatic rings. The molecule has 2 heterocycles. The second-order valence-corrected chi connectivity index (χ2v) is 6.18. The molecule has 0 fully saturated rings. The summed E-state index contributed by atoms with van der Waals surface area (Å²) in [5.41, 5.74) is 3.55. The predicted octanol–water partition coefficient (Wildman–Crippen LogP) is 2.75. The summed E-state index contributed by atoms with van der Waals surface area (Å²) >= 11 is 0. The molecule has 0 bridgehead atoms. The van der Waals surface area contributed by atoms with Crippen LogP contribution in [0.25, 0.3) is 10.9 Å². The zero-order valence-electron chi connectivity index (χ0n) is 14.7. The van der Waals surface area contributed by atoms with Crippen LogP contribution in [0.3, 0.4) is 0 Å². The van der Waals surface area contributed by atoms with Crippen molar-refractivity contribution in [3.8, 4) is 5.75 Å². The van der Waals surface area contributed by atoms with Gasteiger partial charge in [-0.2, -0.15) is 4.98 Å². The Morgan fingerprint density at radius 1 is 1.15 bits per heavy atom. The van der Waals surface area contributed by atoms with Gasteiger partial charge in [0.2, 0.25) is 0 Å². The van der Waals surface area contributed by atoms with Gasteiger partial charge >= 0.3 is 0 Å². The van der Waals surface area contributed by atoms with Gasteiger partial charge in [-0.25, -0.2) is 0 Å². The van der Waals surface area contributed by atoms with E-state index in [2.05, 4.69) is 14.7 Å². The number of ether oxygens (including phenoxy) is 1. The average Bonchev–Trinajstić information content (AvgIpc) is 2.67. The SMILES string of the molecule is CON=C1CCn2c(Cc3ccc(OC)cc3)nc(=O)c3cccc1c32. The number of rotatable bonds is 4. The van der Waals surface area contributed by atoms with Gasteiger partial charge in [-0.05, 0) is 23.8 Å². The number of aryl methyl sites for hydroxylation is 1. The van der Waals surface area contributed by atoms with Crippen molar-refractivity contribution >= 4 is 16.6 Å². The lowest BCUT2D eigenvalue weighted by molar-refractivity contribution is 0.212. The number of oxime groups is 1. The highest BCUT2D eigenvalue weighted by Gasteiger charge is 2.22. The number of aromatic nitrogens is 2. The molecule has 0 spiro atoms. The Morgan fingerprint density at radius 2 is 1.96 bits per heavy atom. The van der Waals surface area contributed by atoms with Gasteiger partial charge in [0.15, 0.2) is 0 Å². The summed E-state index contributed by atoms with van der Waals surface area (Å²) in [7, 11) is 3.18. The van der Waals surface area contributed by atoms with E-state index in [0.717, 1.165) is 40.4 Å². The smallest absolute Gasteiger partial charge is 0.280 e. The lowest BCUT2D eigenvalue weighted by Crippen LogP contribution is -2.26. The van der Waals surface area contributed by atoms with Crippen molar-refractivity contribution < 1.29 is 9.57 Å². The number of hydrogen-bond donors (Lipinski definition) is 0. The van der Waals surface area contributed by atoms with Crippen molar-refractivity contribution in [2.24, 2.45) is 5.16 Å². The quantitative estimate of drug-likeness (QED) is 0.680. The van der Waals surface area contributed by atoms with E-state index >= 15 is 0 Å². The number of nitrogens with zero attached hydrogens (tertiary/aromatic N) is 3. The van der Waals surface area contributed by atoms with E-state index in [-0.39, 0.29) is 5.56 Å². The van der Waals surface area contributed by atoms with E-state index in [9.17, 15) is 4.79 Å². The maximum atomic E-state index is 12.6. The van der Waals surface area contributed by atoms with Gasteiger partial charge in [-0.1, -0.05) is 29.4 Å². The lowest BCUT2D eigenvalue weighted by Gasteiger charge is -2.23. The molecule has 0 N–H and O–H groups in total. The molecule has 0 aliphatic carbocycles. The fourth-order valence-electron chi connectivity index (χ4n) is 3.47. The molecule has 0 radical (unpaired) electrons. The van der Waals surface area contributed by atoms with Gasteiger partial charge in [0.25, 0.3) is 5.56 Å². The van der Waals surface area contributed by atoms with Crippen molar-refractivity contribution in [3.63, 3.8) is 0 Å². The third-order valence-electron chi connectivity index (χ3n) is 4.68. The van der Waals surface area contributed by atoms with E-state index in [1.165, 1.54) is 7.11 Å². The first-order valence-corrected chi connectivity index (χ1v) is 8.47. The first-order chi connectivity index (χ1) is 12.7. The Hall–Kier alpha value is -3.15. The van der Waals surface area contributed by atoms with Crippen LogP contribution in [-0.2, 0) is 17.8 Å². The first kappa shape index (κ1) is 16.3. The molecule has 1 aromatic heterocycles. The molecule has 1 aliphatic heterocycles. The molecule has 132 valence electrons. The molecule has 0 atom stereocenters. The summed E-state index contributed by atoms with van der Waals surface area (Å²) < 4.78 is 7.33. The number of hydrogen-bond acceptors (Lipinski definition) is 5. The van der Waals surface area contributed by atoms with E-state index in [1.54, 1.807) is 7.11 Å². The maximum absolute atomic E-state index is 12.6. The zero-order chi connectivity index (χ0) is 18.1. The molecule has 3 aromatic rings. The maximum Gasteiger partial charge on any atom is 0.280 e. The normalized spacial score (nSPS) is 14.6. The minimum absolute atomic E-state index is 0.208. The summed E-state index contributed by atoms with van der Waals surface area (Å²) in [6, 6.07) is 13.5. The summed E-state index contributed by atoms with van der Waals surface area (Å²) in [5, 5.41) is 4.75. The van der Waals surface area contributed by atoms with Crippen molar-refractivity contribution in [1.29, 1.82) is 0 Å². The highest BCUT2D eigenvalue weighted by molar-refractivity contribution is 6.10. The number of methoxy groups -OCH3 is 1. The predicted molar refractivity (Wildman–Crippen MR) is 100.0 cm³/mol. The Kier molecular flexibility index (Phi) is 4.16. The van der Waals surface area contributed by atoms with Crippen molar-refractivity contribution in [3.05, 3.63) is 69.8 Å². The molecule has 4 rings (SSSR count). The largest absolute Gasteiger partial charge is 0.497 e. The second-order valence-electron chi connectivity index (χ2n) is 6.18. The van der Waals surface area contributed by atoms with Gasteiger partial charge in [0, 0.05) is 24.9 Å². The molecular formula is C20H19N3O3. The Bertz CT molecular complexity index is 1050. The molecule has 0 unspecified atom stereocenters. The molecule has 6 nitrogen and oxygen atoms in total. The molecule has 0 saturated carbocycles. The fraction of sp³-hybridized carbons (Fsp3) is 0.250. The molecular weight excluding hydrogens is 330 g/mol. The molecule has 2 aromatic carbocycles. The van der Waals surface area contributed by atoms with Gasteiger partial charge in [0.1, 0.15) is 18.7 Å². The van der Waals surface area contributed by atoms with Crippen LogP contribution in [0.5, 0.6) is 5.75 Å². The van der Waals surface area contributed by atoms with Gasteiger partial charge in [0.05, 0.1) is 23.7 Å². The summed E-state index contributed by atoms with van der Waals surface area (Å²) in [4.78, 5) is 21.9. The van der Waals surface area contributed by atoms with Crippen LogP contribution in [0, 0.1) is 0 Å². The van der Waals surface area contributed by atoms with E-state index in [0.29, 0.717) is 18.4 Å². The Labute approximate surface area is 150 Å². The molecule has 0 amide bonds. The molecule has 0 saturated heterocycles. The fourth-order valence-corrected chi connectivity index (χ4v) is 3.47. The van der Waals surface area contributed by atoms with Crippen LogP contribution < -0.4 is 10.3 Å². The standard InChI is InChI=1S/C20H19N3O3/c1-25-14-8-6-13(7-9-14)12-18-21-20(24)16-5-3-4-15-17(22-26-2)10-11-23(18)19(15)16/h3-9H,10-12H2,1-2H3. The monoisotopic (exact) mass is 349 g/mol. The van der Waals surface area contributed by atoms with Gasteiger partial charge in [-0.15, -0.1) is 0 Å². The first-order valence-electron chi connectivity index (χ1n) is 8.47. The van der Waals surface area contributed by atoms with Crippen LogP contribution in [0.4, 0.5) is 0 Å². The van der Waals surface area contributed by atoms with Crippen LogP contribution >= 0.6 is 0 Å². The molecule has 26 heavy (non-hydrogen) atoms. The van der Waals surface area contributed by atoms with Crippen LogP contribution in [0.1, 0.15) is 23.4 Å². The van der Waals surface area contributed by atoms with Crippen LogP contribution in [-0.4, -0.2) is 29.5 Å². The topological polar surface area (TPSA) is 65.7 Å². The average molecular weight is 349 g/mol.